The number of methoxy groups -OCH3 is 1. The quantitative estimate of drug-likeness (QED) is 0.0958. The van der Waals surface area contributed by atoms with Crippen molar-refractivity contribution in [2.75, 3.05) is 20.3 Å². The van der Waals surface area contributed by atoms with Gasteiger partial charge in [0.25, 0.3) is 0 Å². The molecule has 8 nitrogen and oxygen atoms in total. The van der Waals surface area contributed by atoms with Crippen LogP contribution in [0.3, 0.4) is 0 Å². The lowest BCUT2D eigenvalue weighted by Crippen LogP contribution is -2.07. The minimum atomic E-state index is -0.606. The highest BCUT2D eigenvalue weighted by atomic mass is 16.5. The summed E-state index contributed by atoms with van der Waals surface area (Å²) in [4.78, 5) is 13.6. The third kappa shape index (κ3) is 11.6. The highest BCUT2D eigenvalue weighted by Gasteiger charge is 2.02. The third-order valence-electron chi connectivity index (χ3n) is 4.90. The van der Waals surface area contributed by atoms with Crippen LogP contribution < -0.4 is 9.47 Å². The number of esters is 1. The Labute approximate surface area is 195 Å². The fraction of sp³-hybridized carbons (Fsp3) is 0.440. The van der Waals surface area contributed by atoms with Crippen LogP contribution in [-0.2, 0) is 9.53 Å². The number of hydrogen-bond donors (Lipinski definition) is 0. The summed E-state index contributed by atoms with van der Waals surface area (Å²) >= 11 is 0. The fourth-order valence-corrected chi connectivity index (χ4v) is 3.09. The molecule has 0 bridgehead atoms. The summed E-state index contributed by atoms with van der Waals surface area (Å²) < 4.78 is 15.8. The van der Waals surface area contributed by atoms with E-state index in [4.69, 9.17) is 19.7 Å². The molecule has 0 N–H and O–H groups in total. The largest absolute Gasteiger partial charge is 0.497 e. The molecule has 0 aliphatic heterocycles. The van der Waals surface area contributed by atoms with Gasteiger partial charge in [-0.2, -0.15) is 15.0 Å². The Hall–Kier alpha value is -3.51. The number of carbonyl (C=O) groups excluding carboxylic acids is 1. The highest BCUT2D eigenvalue weighted by molar-refractivity contribution is 6.20. The molecule has 0 saturated heterocycles. The minimum absolute atomic E-state index is 0.370. The van der Waals surface area contributed by atoms with Crippen molar-refractivity contribution in [3.63, 3.8) is 0 Å². The van der Waals surface area contributed by atoms with Crippen LogP contribution >= 0.6 is 0 Å². The Bertz CT molecular complexity index is 892. The average molecular weight is 453 g/mol. The van der Waals surface area contributed by atoms with Crippen LogP contribution in [0.1, 0.15) is 51.4 Å². The first kappa shape index (κ1) is 25.7. The lowest BCUT2D eigenvalue weighted by Gasteiger charge is -2.06. The second-order valence-electron chi connectivity index (χ2n) is 7.48. The topological polar surface area (TPSA) is 106 Å². The Kier molecular flexibility index (Phi) is 12.6. The van der Waals surface area contributed by atoms with Crippen LogP contribution in [0.4, 0.5) is 11.4 Å². The molecule has 0 spiro atoms. The molecule has 0 amide bonds. The lowest BCUT2D eigenvalue weighted by molar-refractivity contribution is -0.139. The lowest BCUT2D eigenvalue weighted by atomic mass is 10.1. The number of azo groups is 1. The van der Waals surface area contributed by atoms with Gasteiger partial charge in [0.05, 0.1) is 31.7 Å². The van der Waals surface area contributed by atoms with E-state index in [1.165, 1.54) is 19.3 Å². The molecule has 0 aliphatic carbocycles. The number of ether oxygens (including phenoxy) is 3. The standard InChI is InChI=1S/C25H32N4O4/c1-31-23-14-10-21(11-15-23)28-29-22-12-16-24(17-13-22)32-18-8-6-4-2-3-5-7-9-19-33-25(30)20-27-26/h10-17,20H,2-9,18-19H2,1H3. The van der Waals surface area contributed by atoms with Crippen LogP contribution in [-0.4, -0.2) is 37.3 Å². The van der Waals surface area contributed by atoms with Gasteiger partial charge in [-0.1, -0.05) is 38.5 Å². The van der Waals surface area contributed by atoms with Gasteiger partial charge in [0, 0.05) is 0 Å². The van der Waals surface area contributed by atoms with Gasteiger partial charge in [-0.15, -0.1) is 0 Å². The van der Waals surface area contributed by atoms with Crippen molar-refractivity contribution in [3.8, 4) is 11.5 Å². The smallest absolute Gasteiger partial charge is 0.413 e. The van der Waals surface area contributed by atoms with Crippen molar-refractivity contribution in [1.29, 1.82) is 0 Å². The molecule has 0 heterocycles. The molecular weight excluding hydrogens is 420 g/mol. The molecule has 2 aromatic rings. The van der Waals surface area contributed by atoms with E-state index < -0.39 is 5.97 Å². The SMILES string of the molecule is COc1ccc(N=Nc2ccc(OCCCCCCCCCCOC(=O)C=[N+]=[N-])cc2)cc1. The number of nitrogens with zero attached hydrogens (tertiary/aromatic N) is 4. The molecule has 2 rings (SSSR count). The summed E-state index contributed by atoms with van der Waals surface area (Å²) in [7, 11) is 1.63. The summed E-state index contributed by atoms with van der Waals surface area (Å²) in [6.45, 7) is 1.07. The van der Waals surface area contributed by atoms with E-state index >= 15 is 0 Å². The maximum absolute atomic E-state index is 10.9. The molecule has 176 valence electrons. The summed E-state index contributed by atoms with van der Waals surface area (Å²) in [6, 6.07) is 15.0. The van der Waals surface area contributed by atoms with Crippen LogP contribution in [0.2, 0.25) is 0 Å². The van der Waals surface area contributed by atoms with Gasteiger partial charge in [-0.25, -0.2) is 4.79 Å². The summed E-state index contributed by atoms with van der Waals surface area (Å²) in [5.41, 5.74) is 9.74. The van der Waals surface area contributed by atoms with Crippen LogP contribution in [0.5, 0.6) is 11.5 Å². The minimum Gasteiger partial charge on any atom is -0.497 e. The van der Waals surface area contributed by atoms with Crippen molar-refractivity contribution >= 4 is 23.6 Å². The van der Waals surface area contributed by atoms with E-state index in [1.807, 2.05) is 48.5 Å². The van der Waals surface area contributed by atoms with Crippen molar-refractivity contribution < 1.29 is 23.8 Å². The molecule has 0 unspecified atom stereocenters. The van der Waals surface area contributed by atoms with E-state index in [2.05, 4.69) is 15.0 Å². The molecule has 33 heavy (non-hydrogen) atoms. The molecular formula is C25H32N4O4. The van der Waals surface area contributed by atoms with Gasteiger partial charge < -0.3 is 19.7 Å². The maximum atomic E-state index is 10.9. The molecule has 0 atom stereocenters. The van der Waals surface area contributed by atoms with Crippen molar-refractivity contribution in [2.24, 2.45) is 10.2 Å². The van der Waals surface area contributed by atoms with Crippen molar-refractivity contribution in [3.05, 3.63) is 54.1 Å². The van der Waals surface area contributed by atoms with Gasteiger partial charge in [-0.3, -0.25) is 0 Å². The Balaban J connectivity index is 1.48. The van der Waals surface area contributed by atoms with E-state index in [1.54, 1.807) is 7.11 Å². The van der Waals surface area contributed by atoms with Crippen LogP contribution in [0.25, 0.3) is 5.53 Å². The van der Waals surface area contributed by atoms with E-state index in [-0.39, 0.29) is 0 Å². The number of rotatable bonds is 16. The Morgan fingerprint density at radius 2 is 1.27 bits per heavy atom. The molecule has 0 saturated carbocycles. The monoisotopic (exact) mass is 452 g/mol. The van der Waals surface area contributed by atoms with Crippen LogP contribution in [0, 0.1) is 0 Å². The first-order valence-electron chi connectivity index (χ1n) is 11.3. The predicted molar refractivity (Wildman–Crippen MR) is 127 cm³/mol. The molecule has 8 heteroatoms. The number of carbonyl (C=O) groups is 1. The summed E-state index contributed by atoms with van der Waals surface area (Å²) in [6.07, 6.45) is 9.50. The highest BCUT2D eigenvalue weighted by Crippen LogP contribution is 2.23. The zero-order valence-electron chi connectivity index (χ0n) is 19.2. The summed E-state index contributed by atoms with van der Waals surface area (Å²) in [5.74, 6) is 1.02. The van der Waals surface area contributed by atoms with Gasteiger partial charge in [0.15, 0.2) is 0 Å². The Morgan fingerprint density at radius 1 is 0.788 bits per heavy atom. The summed E-state index contributed by atoms with van der Waals surface area (Å²) in [5, 5.41) is 8.47. The molecule has 0 aliphatic rings. The molecule has 2 aromatic carbocycles. The number of benzene rings is 2. The van der Waals surface area contributed by atoms with E-state index in [9.17, 15) is 4.79 Å². The molecule has 0 fully saturated rings. The second kappa shape index (κ2) is 16.2. The second-order valence-corrected chi connectivity index (χ2v) is 7.48. The molecule has 0 aromatic heterocycles. The number of hydrogen-bond acceptors (Lipinski definition) is 6. The first-order valence-corrected chi connectivity index (χ1v) is 11.3. The maximum Gasteiger partial charge on any atom is 0.413 e. The van der Waals surface area contributed by atoms with Gasteiger partial charge in [0.2, 0.25) is 0 Å². The zero-order valence-corrected chi connectivity index (χ0v) is 19.2. The Morgan fingerprint density at radius 3 is 1.79 bits per heavy atom. The zero-order chi connectivity index (χ0) is 23.6. The van der Waals surface area contributed by atoms with Crippen molar-refractivity contribution in [2.45, 2.75) is 51.4 Å². The first-order chi connectivity index (χ1) is 16.2. The third-order valence-corrected chi connectivity index (χ3v) is 4.90. The average Bonchev–Trinajstić information content (AvgIpc) is 2.84. The van der Waals surface area contributed by atoms with Crippen LogP contribution in [0.15, 0.2) is 58.8 Å². The van der Waals surface area contributed by atoms with Gasteiger partial charge >= 0.3 is 12.2 Å². The normalized spacial score (nSPS) is 10.6. The van der Waals surface area contributed by atoms with Gasteiger partial charge in [-0.05, 0) is 61.4 Å². The van der Waals surface area contributed by atoms with Gasteiger partial charge in [0.1, 0.15) is 11.5 Å². The number of unbranched alkanes of at least 4 members (excludes halogenated alkanes) is 7. The van der Waals surface area contributed by atoms with E-state index in [0.29, 0.717) is 13.2 Å². The molecule has 0 radical (unpaired) electrons. The van der Waals surface area contributed by atoms with E-state index in [0.717, 1.165) is 61.2 Å². The fourth-order valence-electron chi connectivity index (χ4n) is 3.09. The predicted octanol–water partition coefficient (Wildman–Crippen LogP) is 6.45. The van der Waals surface area contributed by atoms with Crippen molar-refractivity contribution in [1.82, 2.24) is 0 Å².